The van der Waals surface area contributed by atoms with Gasteiger partial charge in [-0.05, 0) is 26.0 Å². The van der Waals surface area contributed by atoms with E-state index < -0.39 is 35.9 Å². The highest BCUT2D eigenvalue weighted by Crippen LogP contribution is 2.37. The summed E-state index contributed by atoms with van der Waals surface area (Å²) in [5.41, 5.74) is -0.0163. The number of nitrogens with zero attached hydrogens (tertiary/aromatic N) is 3. The third-order valence-electron chi connectivity index (χ3n) is 5.33. The van der Waals surface area contributed by atoms with Gasteiger partial charge in [0, 0.05) is 19.3 Å². The molecule has 0 spiro atoms. The van der Waals surface area contributed by atoms with Crippen LogP contribution in [-0.4, -0.2) is 60.3 Å². The third-order valence-corrected chi connectivity index (χ3v) is 5.33. The summed E-state index contributed by atoms with van der Waals surface area (Å²) < 4.78 is 57.2. The number of halogens is 3. The Balaban J connectivity index is 1.49. The van der Waals surface area contributed by atoms with E-state index in [1.807, 2.05) is 51.2 Å². The predicted molar refractivity (Wildman–Crippen MR) is 108 cm³/mol. The molecule has 4 atom stereocenters. The van der Waals surface area contributed by atoms with E-state index in [1.165, 1.54) is 6.20 Å². The minimum absolute atomic E-state index is 0.00957. The zero-order valence-electron chi connectivity index (χ0n) is 17.5. The van der Waals surface area contributed by atoms with E-state index in [0.29, 0.717) is 12.7 Å². The summed E-state index contributed by atoms with van der Waals surface area (Å²) in [6.07, 6.45) is -3.72. The molecule has 2 aliphatic heterocycles. The van der Waals surface area contributed by atoms with Crippen molar-refractivity contribution in [3.05, 3.63) is 48.4 Å². The van der Waals surface area contributed by atoms with E-state index in [9.17, 15) is 13.2 Å². The zero-order chi connectivity index (χ0) is 22.2. The van der Waals surface area contributed by atoms with Crippen LogP contribution in [0.25, 0.3) is 0 Å². The molecule has 2 aromatic rings. The number of aromatic nitrogens is 2. The summed E-state index contributed by atoms with van der Waals surface area (Å²) >= 11 is 0. The van der Waals surface area contributed by atoms with Crippen molar-refractivity contribution in [1.29, 1.82) is 0 Å². The Morgan fingerprint density at radius 3 is 2.55 bits per heavy atom. The van der Waals surface area contributed by atoms with E-state index in [-0.39, 0.29) is 18.5 Å². The van der Waals surface area contributed by atoms with Crippen LogP contribution in [0.4, 0.5) is 24.7 Å². The van der Waals surface area contributed by atoms with Gasteiger partial charge in [0.15, 0.2) is 11.5 Å². The van der Waals surface area contributed by atoms with E-state index in [1.54, 1.807) is 0 Å². The smallest absolute Gasteiger partial charge is 0.372 e. The topological polar surface area (TPSA) is 68.7 Å². The summed E-state index contributed by atoms with van der Waals surface area (Å²) in [6, 6.07) is 9.45. The monoisotopic (exact) mass is 438 g/mol. The second kappa shape index (κ2) is 8.25. The van der Waals surface area contributed by atoms with Crippen molar-refractivity contribution >= 4 is 11.5 Å². The van der Waals surface area contributed by atoms with Gasteiger partial charge in [-0.1, -0.05) is 18.2 Å². The number of rotatable bonds is 5. The van der Waals surface area contributed by atoms with E-state index >= 15 is 0 Å². The van der Waals surface area contributed by atoms with E-state index in [4.69, 9.17) is 14.2 Å². The third kappa shape index (κ3) is 4.91. The highest BCUT2D eigenvalue weighted by Gasteiger charge is 2.52. The lowest BCUT2D eigenvalue weighted by molar-refractivity contribution is -0.152. The molecule has 4 rings (SSSR count). The fraction of sp³-hybridized carbons (Fsp3) is 0.524. The van der Waals surface area contributed by atoms with Crippen LogP contribution in [0.1, 0.15) is 19.5 Å². The van der Waals surface area contributed by atoms with Crippen LogP contribution < -0.4 is 10.2 Å². The van der Waals surface area contributed by atoms with E-state index in [2.05, 4.69) is 20.2 Å². The Bertz CT molecular complexity index is 897. The molecule has 10 heteroatoms. The molecule has 2 saturated heterocycles. The van der Waals surface area contributed by atoms with Crippen molar-refractivity contribution in [3.8, 4) is 0 Å². The number of fused-ring (bicyclic) bond motifs is 1. The summed E-state index contributed by atoms with van der Waals surface area (Å²) in [4.78, 5) is 9.36. The number of ether oxygens (including phenoxy) is 3. The van der Waals surface area contributed by atoms with Gasteiger partial charge in [0.05, 0.1) is 25.0 Å². The number of nitrogens with one attached hydrogen (secondary N) is 1. The molecular formula is C21H25F3N4O3. The first kappa shape index (κ1) is 21.8. The summed E-state index contributed by atoms with van der Waals surface area (Å²) in [5.74, 6) is -0.832. The number of para-hydroxylation sites is 1. The maximum absolute atomic E-state index is 13.0. The van der Waals surface area contributed by atoms with Gasteiger partial charge < -0.3 is 24.4 Å². The Kier molecular flexibility index (Phi) is 5.80. The molecule has 168 valence electrons. The molecule has 1 N–H and O–H groups in total. The van der Waals surface area contributed by atoms with Crippen molar-refractivity contribution < 1.29 is 27.4 Å². The fourth-order valence-corrected chi connectivity index (χ4v) is 3.93. The lowest BCUT2D eigenvalue weighted by atomic mass is 9.97. The minimum Gasteiger partial charge on any atom is -0.372 e. The average Bonchev–Trinajstić information content (AvgIpc) is 3.06. The molecule has 0 bridgehead atoms. The predicted octanol–water partition coefficient (Wildman–Crippen LogP) is 3.33. The van der Waals surface area contributed by atoms with Crippen molar-refractivity contribution in [2.75, 3.05) is 30.4 Å². The molecule has 1 aromatic carbocycles. The Morgan fingerprint density at radius 1 is 1.13 bits per heavy atom. The van der Waals surface area contributed by atoms with Crippen LogP contribution >= 0.6 is 0 Å². The van der Waals surface area contributed by atoms with Crippen molar-refractivity contribution in [2.24, 2.45) is 0 Å². The van der Waals surface area contributed by atoms with Crippen molar-refractivity contribution in [3.63, 3.8) is 0 Å². The van der Waals surface area contributed by atoms with Gasteiger partial charge in [-0.3, -0.25) is 4.98 Å². The largest absolute Gasteiger partial charge is 0.434 e. The number of hydrogen-bond acceptors (Lipinski definition) is 7. The first-order chi connectivity index (χ1) is 14.6. The van der Waals surface area contributed by atoms with Crippen LogP contribution in [0.3, 0.4) is 0 Å². The summed E-state index contributed by atoms with van der Waals surface area (Å²) in [7, 11) is 1.97. The summed E-state index contributed by atoms with van der Waals surface area (Å²) in [6.45, 7) is 4.42. The fourth-order valence-electron chi connectivity index (χ4n) is 3.93. The first-order valence-electron chi connectivity index (χ1n) is 10.0. The second-order valence-corrected chi connectivity index (χ2v) is 8.19. The highest BCUT2D eigenvalue weighted by atomic mass is 19.4. The Hall–Kier alpha value is -2.43. The molecule has 7 nitrogen and oxygen atoms in total. The minimum atomic E-state index is -4.57. The number of benzene rings is 1. The van der Waals surface area contributed by atoms with Crippen LogP contribution in [-0.2, 0) is 20.4 Å². The Morgan fingerprint density at radius 2 is 1.84 bits per heavy atom. The number of anilines is 2. The van der Waals surface area contributed by atoms with Crippen LogP contribution in [0, 0.1) is 0 Å². The quantitative estimate of drug-likeness (QED) is 0.768. The standard InChI is InChI=1S/C21H25F3N4O3/c1-20(2)30-18-14(26-17-10-25-9-16(27-17)21(22,23)24)12-29-15(19(18)31-20)11-28(3)13-7-5-4-6-8-13/h4-10,14-15,18-19H,11-12H2,1-3H3,(H,26,27)/t14-,15+,18+,19-/m0/s1. The molecule has 31 heavy (non-hydrogen) atoms. The van der Waals surface area contributed by atoms with Gasteiger partial charge in [0.25, 0.3) is 0 Å². The van der Waals surface area contributed by atoms with Crippen LogP contribution in [0.15, 0.2) is 42.7 Å². The molecule has 2 aliphatic rings. The maximum atomic E-state index is 13.0. The van der Waals surface area contributed by atoms with Crippen LogP contribution in [0.2, 0.25) is 0 Å². The normalized spacial score (nSPS) is 27.5. The molecule has 0 unspecified atom stereocenters. The van der Waals surface area contributed by atoms with Crippen LogP contribution in [0.5, 0.6) is 0 Å². The highest BCUT2D eigenvalue weighted by molar-refractivity contribution is 5.45. The number of alkyl halides is 3. The molecule has 0 aliphatic carbocycles. The zero-order valence-corrected chi connectivity index (χ0v) is 17.5. The van der Waals surface area contributed by atoms with Crippen molar-refractivity contribution in [2.45, 2.75) is 50.2 Å². The van der Waals surface area contributed by atoms with Gasteiger partial charge in [-0.15, -0.1) is 0 Å². The van der Waals surface area contributed by atoms with E-state index in [0.717, 1.165) is 5.69 Å². The second-order valence-electron chi connectivity index (χ2n) is 8.19. The maximum Gasteiger partial charge on any atom is 0.434 e. The lowest BCUT2D eigenvalue weighted by Crippen LogP contribution is -2.57. The molecular weight excluding hydrogens is 413 g/mol. The molecule has 3 heterocycles. The van der Waals surface area contributed by atoms with Gasteiger partial charge >= 0.3 is 6.18 Å². The molecule has 0 saturated carbocycles. The number of hydrogen-bond donors (Lipinski definition) is 1. The first-order valence-corrected chi connectivity index (χ1v) is 10.0. The molecule has 0 amide bonds. The molecule has 2 fully saturated rings. The number of likely N-dealkylation sites (N-methyl/N-ethyl adjacent to an activating group) is 1. The van der Waals surface area contributed by atoms with Gasteiger partial charge in [-0.2, -0.15) is 13.2 Å². The average molecular weight is 438 g/mol. The summed E-state index contributed by atoms with van der Waals surface area (Å²) in [5, 5.41) is 2.99. The van der Waals surface area contributed by atoms with Crippen molar-refractivity contribution in [1.82, 2.24) is 9.97 Å². The van der Waals surface area contributed by atoms with Gasteiger partial charge in [0.1, 0.15) is 24.1 Å². The Labute approximate surface area is 178 Å². The molecule has 1 aromatic heterocycles. The SMILES string of the molecule is CN(C[C@H]1OC[C@H](Nc2cncc(C(F)(F)F)n2)[C@H]2OC(C)(C)O[C@H]21)c1ccccc1. The van der Waals surface area contributed by atoms with Gasteiger partial charge in [0.2, 0.25) is 0 Å². The van der Waals surface area contributed by atoms with Gasteiger partial charge in [-0.25, -0.2) is 4.98 Å². The lowest BCUT2D eigenvalue weighted by Gasteiger charge is -2.39. The molecule has 0 radical (unpaired) electrons.